The van der Waals surface area contributed by atoms with Crippen LogP contribution in [0, 0.1) is 0 Å². The minimum Gasteiger partial charge on any atom is -0.468 e. The second-order valence-electron chi connectivity index (χ2n) is 6.73. The van der Waals surface area contributed by atoms with Gasteiger partial charge in [0.25, 0.3) is 5.91 Å². The van der Waals surface area contributed by atoms with Crippen LogP contribution in [0.25, 0.3) is 21.0 Å². The molecule has 0 aliphatic carbocycles. The topological polar surface area (TPSA) is 77.7 Å². The SMILES string of the molecule is COC(=O)Cn1c(=NC(=O)c2ccc(C(C)=O)cc2)sc2c3ccccc3ccc21. The third-order valence-corrected chi connectivity index (χ3v) is 5.95. The molecule has 0 saturated carbocycles. The van der Waals surface area contributed by atoms with E-state index >= 15 is 0 Å². The highest BCUT2D eigenvalue weighted by molar-refractivity contribution is 7.17. The van der Waals surface area contributed by atoms with E-state index in [0.717, 1.165) is 21.0 Å². The molecule has 1 heterocycles. The molecule has 150 valence electrons. The predicted molar refractivity (Wildman–Crippen MR) is 116 cm³/mol. The normalized spacial score (nSPS) is 11.7. The molecule has 4 rings (SSSR count). The average Bonchev–Trinajstić information content (AvgIpc) is 3.11. The van der Waals surface area contributed by atoms with E-state index in [1.807, 2.05) is 36.4 Å². The van der Waals surface area contributed by atoms with Gasteiger partial charge in [-0.15, -0.1) is 0 Å². The Balaban J connectivity index is 1.88. The van der Waals surface area contributed by atoms with Gasteiger partial charge in [0.05, 0.1) is 17.3 Å². The minimum atomic E-state index is -0.445. The number of fused-ring (bicyclic) bond motifs is 3. The Morgan fingerprint density at radius 1 is 0.967 bits per heavy atom. The second-order valence-corrected chi connectivity index (χ2v) is 7.71. The van der Waals surface area contributed by atoms with E-state index < -0.39 is 11.9 Å². The highest BCUT2D eigenvalue weighted by Crippen LogP contribution is 2.27. The summed E-state index contributed by atoms with van der Waals surface area (Å²) in [6.07, 6.45) is 0. The van der Waals surface area contributed by atoms with Crippen molar-refractivity contribution in [3.63, 3.8) is 0 Å². The van der Waals surface area contributed by atoms with Gasteiger partial charge in [-0.3, -0.25) is 14.4 Å². The molecule has 7 heteroatoms. The molecule has 1 aromatic heterocycles. The number of methoxy groups -OCH3 is 1. The smallest absolute Gasteiger partial charge is 0.325 e. The Labute approximate surface area is 176 Å². The maximum Gasteiger partial charge on any atom is 0.325 e. The largest absolute Gasteiger partial charge is 0.468 e. The number of aromatic nitrogens is 1. The van der Waals surface area contributed by atoms with E-state index in [-0.39, 0.29) is 12.3 Å². The van der Waals surface area contributed by atoms with Crippen LogP contribution < -0.4 is 4.80 Å². The molecule has 6 nitrogen and oxygen atoms in total. The third-order valence-electron chi connectivity index (χ3n) is 4.82. The molecule has 4 aromatic rings. The van der Waals surface area contributed by atoms with Gasteiger partial charge in [0.2, 0.25) is 0 Å². The molecule has 0 spiro atoms. The first-order valence-electron chi connectivity index (χ1n) is 9.26. The number of carbonyl (C=O) groups is 3. The first-order valence-corrected chi connectivity index (χ1v) is 10.1. The number of thiazole rings is 1. The van der Waals surface area contributed by atoms with Crippen molar-refractivity contribution in [1.82, 2.24) is 4.57 Å². The van der Waals surface area contributed by atoms with E-state index in [9.17, 15) is 14.4 Å². The number of amides is 1. The Bertz CT molecular complexity index is 1360. The van der Waals surface area contributed by atoms with Crippen LogP contribution in [0.1, 0.15) is 27.6 Å². The van der Waals surface area contributed by atoms with Gasteiger partial charge in [-0.05, 0) is 30.5 Å². The van der Waals surface area contributed by atoms with Gasteiger partial charge in [-0.25, -0.2) is 0 Å². The first kappa shape index (κ1) is 19.7. The number of Topliss-reactive ketones (excluding diaryl/α,β-unsaturated/α-hetero) is 1. The number of esters is 1. The molecule has 0 aliphatic heterocycles. The third kappa shape index (κ3) is 3.67. The van der Waals surface area contributed by atoms with Gasteiger partial charge in [0.1, 0.15) is 6.54 Å². The van der Waals surface area contributed by atoms with Crippen LogP contribution in [0.3, 0.4) is 0 Å². The highest BCUT2D eigenvalue weighted by Gasteiger charge is 2.14. The molecule has 0 radical (unpaired) electrons. The summed E-state index contributed by atoms with van der Waals surface area (Å²) in [6, 6.07) is 18.2. The van der Waals surface area contributed by atoms with Crippen LogP contribution in [0.2, 0.25) is 0 Å². The monoisotopic (exact) mass is 418 g/mol. The van der Waals surface area contributed by atoms with Crippen LogP contribution in [-0.2, 0) is 16.1 Å². The van der Waals surface area contributed by atoms with Crippen molar-refractivity contribution >= 4 is 50.0 Å². The van der Waals surface area contributed by atoms with Crippen molar-refractivity contribution in [2.45, 2.75) is 13.5 Å². The van der Waals surface area contributed by atoms with E-state index in [2.05, 4.69) is 4.99 Å². The maximum atomic E-state index is 12.8. The molecular formula is C23H18N2O4S. The first-order chi connectivity index (χ1) is 14.5. The molecule has 30 heavy (non-hydrogen) atoms. The Hall–Kier alpha value is -3.58. The van der Waals surface area contributed by atoms with E-state index in [4.69, 9.17) is 4.74 Å². The summed E-state index contributed by atoms with van der Waals surface area (Å²) in [4.78, 5) is 40.9. The molecule has 0 N–H and O–H groups in total. The summed E-state index contributed by atoms with van der Waals surface area (Å²) in [6.45, 7) is 1.42. The average molecular weight is 418 g/mol. The zero-order chi connectivity index (χ0) is 21.3. The van der Waals surface area contributed by atoms with Crippen LogP contribution in [0.5, 0.6) is 0 Å². The lowest BCUT2D eigenvalue weighted by Crippen LogP contribution is -2.22. The van der Waals surface area contributed by atoms with Crippen LogP contribution >= 0.6 is 11.3 Å². The molecular weight excluding hydrogens is 400 g/mol. The lowest BCUT2D eigenvalue weighted by atomic mass is 10.1. The van der Waals surface area contributed by atoms with Crippen molar-refractivity contribution in [1.29, 1.82) is 0 Å². The molecule has 0 aliphatic rings. The summed E-state index contributed by atoms with van der Waals surface area (Å²) in [5.74, 6) is -0.944. The standard InChI is InChI=1S/C23H18N2O4S/c1-14(26)15-7-9-17(10-8-15)22(28)24-23-25(13-20(27)29-2)19-12-11-16-5-3-4-6-18(16)21(19)30-23/h3-12H,13H2,1-2H3. The second kappa shape index (κ2) is 8.04. The Morgan fingerprint density at radius 2 is 1.67 bits per heavy atom. The quantitative estimate of drug-likeness (QED) is 0.371. The van der Waals surface area contributed by atoms with E-state index in [1.165, 1.54) is 25.4 Å². The van der Waals surface area contributed by atoms with Crippen molar-refractivity contribution in [3.8, 4) is 0 Å². The molecule has 0 bridgehead atoms. The van der Waals surface area contributed by atoms with Gasteiger partial charge in [-0.2, -0.15) is 4.99 Å². The fourth-order valence-corrected chi connectivity index (χ4v) is 4.39. The molecule has 1 amide bonds. The van der Waals surface area contributed by atoms with Crippen LogP contribution in [0.4, 0.5) is 0 Å². The molecule has 0 saturated heterocycles. The number of hydrogen-bond donors (Lipinski definition) is 0. The summed E-state index contributed by atoms with van der Waals surface area (Å²) in [7, 11) is 1.32. The van der Waals surface area contributed by atoms with Crippen LogP contribution in [-0.4, -0.2) is 29.3 Å². The number of hydrogen-bond acceptors (Lipinski definition) is 5. The zero-order valence-electron chi connectivity index (χ0n) is 16.4. The minimum absolute atomic E-state index is 0.0514. The van der Waals surface area contributed by atoms with Gasteiger partial charge in [0, 0.05) is 16.5 Å². The maximum absolute atomic E-state index is 12.8. The van der Waals surface area contributed by atoms with Crippen molar-refractivity contribution in [2.75, 3.05) is 7.11 Å². The predicted octanol–water partition coefficient (Wildman–Crippen LogP) is 3.97. The Kier molecular flexibility index (Phi) is 5.29. The summed E-state index contributed by atoms with van der Waals surface area (Å²) < 4.78 is 7.46. The van der Waals surface area contributed by atoms with Crippen LogP contribution in [0.15, 0.2) is 65.7 Å². The summed E-state index contributed by atoms with van der Waals surface area (Å²) in [5, 5.41) is 2.09. The lowest BCUT2D eigenvalue weighted by molar-refractivity contribution is -0.141. The highest BCUT2D eigenvalue weighted by atomic mass is 32.1. The number of ketones is 1. The van der Waals surface area contributed by atoms with E-state index in [1.54, 1.807) is 28.8 Å². The fourth-order valence-electron chi connectivity index (χ4n) is 3.23. The van der Waals surface area contributed by atoms with E-state index in [0.29, 0.717) is 15.9 Å². The lowest BCUT2D eigenvalue weighted by Gasteiger charge is -2.05. The summed E-state index contributed by atoms with van der Waals surface area (Å²) in [5.41, 5.74) is 1.70. The number of benzene rings is 3. The van der Waals surface area contributed by atoms with Crippen molar-refractivity contribution < 1.29 is 19.1 Å². The molecule has 0 unspecified atom stereocenters. The number of nitrogens with zero attached hydrogens (tertiary/aromatic N) is 2. The molecule has 0 fully saturated rings. The summed E-state index contributed by atoms with van der Waals surface area (Å²) >= 11 is 1.35. The van der Waals surface area contributed by atoms with Crippen molar-refractivity contribution in [3.05, 3.63) is 76.6 Å². The zero-order valence-corrected chi connectivity index (χ0v) is 17.2. The van der Waals surface area contributed by atoms with Gasteiger partial charge >= 0.3 is 5.97 Å². The molecule has 3 aromatic carbocycles. The Morgan fingerprint density at radius 3 is 2.37 bits per heavy atom. The number of carbonyl (C=O) groups excluding carboxylic acids is 3. The fraction of sp³-hybridized carbons (Fsp3) is 0.130. The number of ether oxygens (including phenoxy) is 1. The van der Waals surface area contributed by atoms with Crippen molar-refractivity contribution in [2.24, 2.45) is 4.99 Å². The van der Waals surface area contributed by atoms with Gasteiger partial charge in [-0.1, -0.05) is 53.8 Å². The van der Waals surface area contributed by atoms with Gasteiger partial charge < -0.3 is 9.30 Å². The van der Waals surface area contributed by atoms with Gasteiger partial charge in [0.15, 0.2) is 10.6 Å². The molecule has 0 atom stereocenters. The number of rotatable bonds is 4.